The Bertz CT molecular complexity index is 1480. The number of hydrogen-bond acceptors (Lipinski definition) is 5. The van der Waals surface area contributed by atoms with Crippen LogP contribution in [0.25, 0.3) is 22.3 Å². The fourth-order valence-corrected chi connectivity index (χ4v) is 6.43. The standard InChI is InChI=1S/C30H34FN5O2.CH4O/c1-19-18-32-34(2)29(19)20-12-14-25-24(16-20)33-30(36(25)21-8-5-4-6-9-21)26-10-7-11-28(37)35(26)22-13-15-27(38-3)23(31)17-22;1-2/h12-18,21,26H,4-11H2,1-3H3;2H,1H3/t26-;/m0./s1. The van der Waals surface area contributed by atoms with E-state index >= 15 is 0 Å². The van der Waals surface area contributed by atoms with Gasteiger partial charge in [0.15, 0.2) is 11.6 Å². The first-order chi connectivity index (χ1) is 19.5. The summed E-state index contributed by atoms with van der Waals surface area (Å²) in [6, 6.07) is 11.3. The van der Waals surface area contributed by atoms with Crippen molar-refractivity contribution < 1.29 is 19.0 Å². The molecule has 0 spiro atoms. The van der Waals surface area contributed by atoms with E-state index in [9.17, 15) is 9.18 Å². The van der Waals surface area contributed by atoms with Gasteiger partial charge in [-0.05, 0) is 62.4 Å². The molecule has 1 aliphatic carbocycles. The van der Waals surface area contributed by atoms with Gasteiger partial charge in [0, 0.05) is 43.9 Å². The molecule has 1 atom stereocenters. The molecule has 0 unspecified atom stereocenters. The number of aliphatic hydroxyl groups is 1. The summed E-state index contributed by atoms with van der Waals surface area (Å²) in [5.41, 5.74) is 5.82. The van der Waals surface area contributed by atoms with Crippen molar-refractivity contribution in [3.05, 3.63) is 59.8 Å². The molecular formula is C31H38FN5O3. The predicted octanol–water partition coefficient (Wildman–Crippen LogP) is 6.26. The first-order valence-corrected chi connectivity index (χ1v) is 14.1. The Morgan fingerprint density at radius 3 is 2.48 bits per heavy atom. The van der Waals surface area contributed by atoms with Crippen LogP contribution < -0.4 is 9.64 Å². The van der Waals surface area contributed by atoms with E-state index in [-0.39, 0.29) is 17.7 Å². The highest BCUT2D eigenvalue weighted by atomic mass is 19.1. The molecule has 212 valence electrons. The lowest BCUT2D eigenvalue weighted by Crippen LogP contribution is -2.40. The van der Waals surface area contributed by atoms with Crippen LogP contribution in [-0.2, 0) is 11.8 Å². The summed E-state index contributed by atoms with van der Waals surface area (Å²) in [7, 11) is 4.40. The molecule has 3 heterocycles. The van der Waals surface area contributed by atoms with E-state index in [2.05, 4.69) is 34.8 Å². The van der Waals surface area contributed by atoms with Crippen molar-refractivity contribution in [3.63, 3.8) is 0 Å². The second-order valence-electron chi connectivity index (χ2n) is 10.6. The first kappa shape index (κ1) is 27.8. The molecule has 2 aromatic heterocycles. The van der Waals surface area contributed by atoms with Crippen LogP contribution in [-0.4, -0.2) is 44.6 Å². The second-order valence-corrected chi connectivity index (χ2v) is 10.6. The minimum Gasteiger partial charge on any atom is -0.494 e. The highest BCUT2D eigenvalue weighted by Gasteiger charge is 2.36. The zero-order valence-corrected chi connectivity index (χ0v) is 23.7. The van der Waals surface area contributed by atoms with Gasteiger partial charge in [-0.15, -0.1) is 0 Å². The summed E-state index contributed by atoms with van der Waals surface area (Å²) in [4.78, 5) is 20.3. The average molecular weight is 548 g/mol. The van der Waals surface area contributed by atoms with Crippen LogP contribution in [0.15, 0.2) is 42.6 Å². The smallest absolute Gasteiger partial charge is 0.227 e. The molecule has 9 heteroatoms. The molecule has 1 saturated heterocycles. The molecule has 1 saturated carbocycles. The molecule has 1 amide bonds. The summed E-state index contributed by atoms with van der Waals surface area (Å²) >= 11 is 0. The Balaban J connectivity index is 0.00000158. The average Bonchev–Trinajstić information content (AvgIpc) is 3.53. The van der Waals surface area contributed by atoms with Gasteiger partial charge in [-0.25, -0.2) is 9.37 Å². The van der Waals surface area contributed by atoms with Gasteiger partial charge < -0.3 is 19.3 Å². The summed E-state index contributed by atoms with van der Waals surface area (Å²) in [6.07, 6.45) is 9.71. The Morgan fingerprint density at radius 2 is 1.80 bits per heavy atom. The number of anilines is 1. The van der Waals surface area contributed by atoms with Crippen molar-refractivity contribution in [1.82, 2.24) is 19.3 Å². The van der Waals surface area contributed by atoms with Crippen LogP contribution in [0.5, 0.6) is 5.75 Å². The molecule has 8 nitrogen and oxygen atoms in total. The minimum absolute atomic E-state index is 0.000680. The number of carbonyl (C=O) groups excluding carboxylic acids is 1. The molecule has 1 aliphatic heterocycles. The lowest BCUT2D eigenvalue weighted by Gasteiger charge is -2.37. The molecule has 4 aromatic rings. The predicted molar refractivity (Wildman–Crippen MR) is 154 cm³/mol. The normalized spacial score (nSPS) is 18.1. The van der Waals surface area contributed by atoms with Crippen molar-refractivity contribution in [2.75, 3.05) is 19.1 Å². The Morgan fingerprint density at radius 1 is 1.02 bits per heavy atom. The van der Waals surface area contributed by atoms with Gasteiger partial charge in [0.25, 0.3) is 0 Å². The van der Waals surface area contributed by atoms with Crippen LogP contribution >= 0.6 is 0 Å². The van der Waals surface area contributed by atoms with Gasteiger partial charge in [-0.1, -0.05) is 25.3 Å². The molecule has 40 heavy (non-hydrogen) atoms. The fraction of sp³-hybridized carbons (Fsp3) is 0.452. The minimum atomic E-state index is -0.473. The zero-order valence-electron chi connectivity index (χ0n) is 23.7. The molecule has 2 fully saturated rings. The Kier molecular flexibility index (Phi) is 8.21. The number of hydrogen-bond donors (Lipinski definition) is 1. The number of aryl methyl sites for hydroxylation is 2. The fourth-order valence-electron chi connectivity index (χ4n) is 6.43. The van der Waals surface area contributed by atoms with Gasteiger partial charge >= 0.3 is 0 Å². The van der Waals surface area contributed by atoms with E-state index in [4.69, 9.17) is 14.8 Å². The quantitative estimate of drug-likeness (QED) is 0.319. The number of aliphatic hydroxyl groups excluding tert-OH is 1. The largest absolute Gasteiger partial charge is 0.494 e. The lowest BCUT2D eigenvalue weighted by molar-refractivity contribution is -0.120. The summed E-state index contributed by atoms with van der Waals surface area (Å²) in [6.45, 7) is 2.07. The first-order valence-electron chi connectivity index (χ1n) is 14.1. The van der Waals surface area contributed by atoms with Gasteiger partial charge in [-0.3, -0.25) is 9.48 Å². The monoisotopic (exact) mass is 547 g/mol. The van der Waals surface area contributed by atoms with Crippen LogP contribution in [0.3, 0.4) is 0 Å². The third-order valence-corrected chi connectivity index (χ3v) is 8.21. The third kappa shape index (κ3) is 4.98. The molecule has 0 radical (unpaired) electrons. The topological polar surface area (TPSA) is 85.4 Å². The molecule has 6 rings (SSSR count). The van der Waals surface area contributed by atoms with E-state index in [1.807, 2.05) is 17.9 Å². The number of halogens is 1. The molecule has 0 bridgehead atoms. The van der Waals surface area contributed by atoms with Crippen molar-refractivity contribution >= 4 is 22.6 Å². The van der Waals surface area contributed by atoms with Gasteiger partial charge in [0.05, 0.1) is 36.1 Å². The van der Waals surface area contributed by atoms with Gasteiger partial charge in [-0.2, -0.15) is 5.10 Å². The maximum Gasteiger partial charge on any atom is 0.227 e. The maximum absolute atomic E-state index is 14.8. The van der Waals surface area contributed by atoms with Crippen molar-refractivity contribution in [1.29, 1.82) is 0 Å². The lowest BCUT2D eigenvalue weighted by atomic mass is 9.94. The number of ether oxygens (including phenoxy) is 1. The highest BCUT2D eigenvalue weighted by Crippen LogP contribution is 2.42. The molecular weight excluding hydrogens is 509 g/mol. The van der Waals surface area contributed by atoms with Crippen LogP contribution in [0.2, 0.25) is 0 Å². The number of piperidine rings is 1. The van der Waals surface area contributed by atoms with E-state index in [0.29, 0.717) is 18.2 Å². The summed E-state index contributed by atoms with van der Waals surface area (Å²) in [5, 5.41) is 11.4. The number of fused-ring (bicyclic) bond motifs is 1. The van der Waals surface area contributed by atoms with Crippen molar-refractivity contribution in [2.24, 2.45) is 7.05 Å². The van der Waals surface area contributed by atoms with Crippen molar-refractivity contribution in [3.8, 4) is 17.0 Å². The van der Waals surface area contributed by atoms with Crippen LogP contribution in [0, 0.1) is 12.7 Å². The zero-order chi connectivity index (χ0) is 28.4. The van der Waals surface area contributed by atoms with E-state index in [1.54, 1.807) is 17.0 Å². The molecule has 1 N–H and O–H groups in total. The molecule has 2 aromatic carbocycles. The van der Waals surface area contributed by atoms with E-state index in [0.717, 1.165) is 66.5 Å². The Labute approximate surface area is 234 Å². The summed E-state index contributed by atoms with van der Waals surface area (Å²) in [5.74, 6) is 0.593. The number of aromatic nitrogens is 4. The summed E-state index contributed by atoms with van der Waals surface area (Å²) < 4.78 is 24.2. The molecule has 2 aliphatic rings. The number of nitrogens with zero attached hydrogens (tertiary/aromatic N) is 5. The maximum atomic E-state index is 14.8. The van der Waals surface area contributed by atoms with E-state index < -0.39 is 5.82 Å². The number of imidazole rings is 1. The van der Waals surface area contributed by atoms with E-state index in [1.165, 1.54) is 32.4 Å². The van der Waals surface area contributed by atoms with Gasteiger partial charge in [0.2, 0.25) is 5.91 Å². The number of methoxy groups -OCH3 is 1. The highest BCUT2D eigenvalue weighted by molar-refractivity contribution is 5.95. The van der Waals surface area contributed by atoms with Crippen LogP contribution in [0.1, 0.15) is 74.8 Å². The Hall–Kier alpha value is -3.72. The SMILES string of the molecule is CO.COc1ccc(N2C(=O)CCC[C@H]2c2nc3cc(-c4c(C)cnn4C)ccc3n2C2CCCCC2)cc1F. The van der Waals surface area contributed by atoms with Crippen molar-refractivity contribution in [2.45, 2.75) is 70.4 Å². The van der Waals surface area contributed by atoms with Crippen LogP contribution in [0.4, 0.5) is 10.1 Å². The number of amides is 1. The van der Waals surface area contributed by atoms with Gasteiger partial charge in [0.1, 0.15) is 5.82 Å². The number of rotatable bonds is 5. The number of carbonyl (C=O) groups is 1. The second kappa shape index (κ2) is 11.8. The third-order valence-electron chi connectivity index (χ3n) is 8.21. The number of benzene rings is 2.